The number of amides is 1. The number of hydrogen-bond acceptors (Lipinski definition) is 5. The van der Waals surface area contributed by atoms with Crippen molar-refractivity contribution in [1.82, 2.24) is 20.0 Å². The van der Waals surface area contributed by atoms with Gasteiger partial charge in [-0.15, -0.1) is 0 Å². The number of pyridine rings is 1. The third-order valence-corrected chi connectivity index (χ3v) is 5.11. The third kappa shape index (κ3) is 4.64. The average molecular weight is 413 g/mol. The molecule has 1 aromatic carbocycles. The number of rotatable bonds is 5. The summed E-state index contributed by atoms with van der Waals surface area (Å²) in [5, 5.41) is 6.78. The van der Waals surface area contributed by atoms with E-state index in [4.69, 9.17) is 16.3 Å². The molecule has 0 bridgehead atoms. The second kappa shape index (κ2) is 8.73. The monoisotopic (exact) mass is 412 g/mol. The summed E-state index contributed by atoms with van der Waals surface area (Å²) in [5.41, 5.74) is 1.98. The summed E-state index contributed by atoms with van der Waals surface area (Å²) in [4.78, 5) is 29.7. The normalized spacial score (nSPS) is 16.7. The number of benzene rings is 1. The first-order valence-corrected chi connectivity index (χ1v) is 9.82. The highest BCUT2D eigenvalue weighted by atomic mass is 35.5. The van der Waals surface area contributed by atoms with Crippen LogP contribution in [-0.2, 0) is 17.7 Å². The van der Waals surface area contributed by atoms with Gasteiger partial charge >= 0.3 is 0 Å². The molecule has 1 saturated heterocycles. The van der Waals surface area contributed by atoms with Gasteiger partial charge in [-0.1, -0.05) is 29.8 Å². The van der Waals surface area contributed by atoms with Crippen molar-refractivity contribution in [2.45, 2.75) is 19.0 Å². The molecule has 0 saturated carbocycles. The van der Waals surface area contributed by atoms with Gasteiger partial charge in [0.05, 0.1) is 13.2 Å². The van der Waals surface area contributed by atoms with Crippen molar-refractivity contribution < 1.29 is 9.53 Å². The number of aromatic nitrogens is 2. The minimum Gasteiger partial charge on any atom is -0.379 e. The Morgan fingerprint density at radius 3 is 2.79 bits per heavy atom. The van der Waals surface area contributed by atoms with Gasteiger partial charge in [-0.2, -0.15) is 0 Å². The van der Waals surface area contributed by atoms with Gasteiger partial charge in [0.2, 0.25) is 0 Å². The van der Waals surface area contributed by atoms with Crippen LogP contribution in [0.4, 0.5) is 0 Å². The van der Waals surface area contributed by atoms with Gasteiger partial charge in [-0.25, -0.2) is 4.98 Å². The fraction of sp³-hybridized carbons (Fsp3) is 0.286. The molecule has 8 heteroatoms. The molecule has 2 N–H and O–H groups in total. The minimum atomic E-state index is -0.459. The molecule has 0 radical (unpaired) electrons. The first-order chi connectivity index (χ1) is 14.1. The fourth-order valence-corrected chi connectivity index (χ4v) is 3.44. The smallest absolute Gasteiger partial charge is 0.270 e. The summed E-state index contributed by atoms with van der Waals surface area (Å²) < 4.78 is 6.91. The van der Waals surface area contributed by atoms with E-state index in [0.29, 0.717) is 30.4 Å². The Balaban J connectivity index is 1.52. The van der Waals surface area contributed by atoms with Crippen molar-refractivity contribution in [2.24, 2.45) is 0 Å². The number of morpholine rings is 1. The summed E-state index contributed by atoms with van der Waals surface area (Å²) in [6, 6.07) is 11.1. The largest absolute Gasteiger partial charge is 0.379 e. The fourth-order valence-electron chi connectivity index (χ4n) is 3.31. The molecule has 0 spiro atoms. The van der Waals surface area contributed by atoms with Crippen LogP contribution in [0.2, 0.25) is 5.02 Å². The molecule has 1 unspecified atom stereocenters. The Labute approximate surface area is 172 Å². The first kappa shape index (κ1) is 19.6. The molecule has 29 heavy (non-hydrogen) atoms. The van der Waals surface area contributed by atoms with Crippen LogP contribution in [0.25, 0.3) is 5.65 Å². The number of halogens is 1. The zero-order valence-electron chi connectivity index (χ0n) is 15.7. The van der Waals surface area contributed by atoms with Gasteiger partial charge in [-0.05, 0) is 35.7 Å². The van der Waals surface area contributed by atoms with Crippen LogP contribution in [0, 0.1) is 0 Å². The number of nitrogens with one attached hydrogen (secondary N) is 2. The summed E-state index contributed by atoms with van der Waals surface area (Å²) in [7, 11) is 0. The Hall–Kier alpha value is -2.74. The second-order valence-corrected chi connectivity index (χ2v) is 7.42. The minimum absolute atomic E-state index is 0.00717. The van der Waals surface area contributed by atoms with E-state index >= 15 is 0 Å². The SMILES string of the molecule is O=C(NCc1ccc(Cl)cc1)c1cnc2ccc(CC3COCCN3)cn2c1=O. The molecular formula is C21H21ClN4O3. The van der Waals surface area contributed by atoms with Gasteiger partial charge in [0.25, 0.3) is 11.5 Å². The summed E-state index contributed by atoms with van der Waals surface area (Å²) in [6.07, 6.45) is 3.80. The lowest BCUT2D eigenvalue weighted by Crippen LogP contribution is -2.42. The molecular weight excluding hydrogens is 392 g/mol. The van der Waals surface area contributed by atoms with Gasteiger partial charge in [0, 0.05) is 36.5 Å². The quantitative estimate of drug-likeness (QED) is 0.667. The Morgan fingerprint density at radius 2 is 2.03 bits per heavy atom. The predicted molar refractivity (Wildman–Crippen MR) is 110 cm³/mol. The molecule has 0 aliphatic carbocycles. The van der Waals surface area contributed by atoms with Crippen molar-refractivity contribution in [2.75, 3.05) is 19.8 Å². The lowest BCUT2D eigenvalue weighted by Gasteiger charge is -2.23. The second-order valence-electron chi connectivity index (χ2n) is 6.98. The number of nitrogens with zero attached hydrogens (tertiary/aromatic N) is 2. The van der Waals surface area contributed by atoms with E-state index in [0.717, 1.165) is 24.1 Å². The van der Waals surface area contributed by atoms with Crippen LogP contribution in [0.5, 0.6) is 0 Å². The average Bonchev–Trinajstić information content (AvgIpc) is 2.74. The Kier molecular flexibility index (Phi) is 5.89. The molecule has 3 heterocycles. The molecule has 2 aromatic heterocycles. The summed E-state index contributed by atoms with van der Waals surface area (Å²) in [6.45, 7) is 2.47. The van der Waals surface area contributed by atoms with Crippen LogP contribution in [0.15, 0.2) is 53.6 Å². The van der Waals surface area contributed by atoms with Crippen molar-refractivity contribution in [3.8, 4) is 0 Å². The Bertz CT molecular complexity index is 1080. The lowest BCUT2D eigenvalue weighted by atomic mass is 10.1. The van der Waals surface area contributed by atoms with Crippen molar-refractivity contribution in [1.29, 1.82) is 0 Å². The van der Waals surface area contributed by atoms with Crippen LogP contribution >= 0.6 is 11.6 Å². The maximum absolute atomic E-state index is 12.9. The van der Waals surface area contributed by atoms with Gasteiger partial charge in [0.1, 0.15) is 11.2 Å². The first-order valence-electron chi connectivity index (χ1n) is 9.44. The molecule has 1 aliphatic rings. The maximum atomic E-state index is 12.9. The molecule has 1 amide bonds. The molecule has 3 aromatic rings. The van der Waals surface area contributed by atoms with E-state index < -0.39 is 11.5 Å². The standard InChI is InChI=1S/C21H21ClN4O3/c22-16-4-1-14(2-5-16)10-25-20(27)18-11-24-19-6-3-15(12-26(19)21(18)28)9-17-13-29-8-7-23-17/h1-6,11-12,17,23H,7-10,13H2,(H,25,27). The van der Waals surface area contributed by atoms with Crippen LogP contribution < -0.4 is 16.2 Å². The van der Waals surface area contributed by atoms with Gasteiger partial charge in [0.15, 0.2) is 0 Å². The number of ether oxygens (including phenoxy) is 1. The zero-order valence-corrected chi connectivity index (χ0v) is 16.5. The molecule has 150 valence electrons. The van der Waals surface area contributed by atoms with Gasteiger partial charge in [-0.3, -0.25) is 14.0 Å². The summed E-state index contributed by atoms with van der Waals surface area (Å²) >= 11 is 5.87. The number of fused-ring (bicyclic) bond motifs is 1. The van der Waals surface area contributed by atoms with Gasteiger partial charge < -0.3 is 15.4 Å². The molecule has 4 rings (SSSR count). The van der Waals surface area contributed by atoms with Crippen LogP contribution in [0.3, 0.4) is 0 Å². The summed E-state index contributed by atoms with van der Waals surface area (Å²) in [5.74, 6) is -0.459. The zero-order chi connectivity index (χ0) is 20.2. The van der Waals surface area contributed by atoms with E-state index in [1.807, 2.05) is 18.2 Å². The number of carbonyl (C=O) groups is 1. The topological polar surface area (TPSA) is 84.7 Å². The van der Waals surface area contributed by atoms with Crippen molar-refractivity contribution in [3.05, 3.63) is 80.9 Å². The van der Waals surface area contributed by atoms with E-state index in [-0.39, 0.29) is 11.6 Å². The molecule has 1 fully saturated rings. The van der Waals surface area contributed by atoms with E-state index in [1.165, 1.54) is 10.6 Å². The number of carbonyl (C=O) groups excluding carboxylic acids is 1. The highest BCUT2D eigenvalue weighted by Gasteiger charge is 2.16. The van der Waals surface area contributed by atoms with Crippen molar-refractivity contribution in [3.63, 3.8) is 0 Å². The van der Waals surface area contributed by atoms with Crippen molar-refractivity contribution >= 4 is 23.2 Å². The molecule has 1 atom stereocenters. The highest BCUT2D eigenvalue weighted by Crippen LogP contribution is 2.10. The Morgan fingerprint density at radius 1 is 1.24 bits per heavy atom. The number of hydrogen-bond donors (Lipinski definition) is 2. The lowest BCUT2D eigenvalue weighted by molar-refractivity contribution is 0.0770. The van der Waals surface area contributed by atoms with E-state index in [1.54, 1.807) is 24.4 Å². The van der Waals surface area contributed by atoms with Crippen LogP contribution in [-0.4, -0.2) is 41.1 Å². The van der Waals surface area contributed by atoms with E-state index in [9.17, 15) is 9.59 Å². The van der Waals surface area contributed by atoms with Crippen LogP contribution in [0.1, 0.15) is 21.5 Å². The molecule has 1 aliphatic heterocycles. The predicted octanol–water partition coefficient (Wildman–Crippen LogP) is 1.81. The molecule has 7 nitrogen and oxygen atoms in total. The highest BCUT2D eigenvalue weighted by molar-refractivity contribution is 6.30. The maximum Gasteiger partial charge on any atom is 0.270 e. The third-order valence-electron chi connectivity index (χ3n) is 4.85. The van der Waals surface area contributed by atoms with E-state index in [2.05, 4.69) is 15.6 Å².